The van der Waals surface area contributed by atoms with Gasteiger partial charge in [-0.25, -0.2) is 0 Å². The summed E-state index contributed by atoms with van der Waals surface area (Å²) in [5, 5.41) is 1.01. The number of hydrogen-bond acceptors (Lipinski definition) is 3. The van der Waals surface area contributed by atoms with Crippen LogP contribution in [-0.4, -0.2) is 34.9 Å². The number of hydrogen-bond donors (Lipinski definition) is 1. The van der Waals surface area contributed by atoms with E-state index in [9.17, 15) is 4.79 Å². The molecule has 0 radical (unpaired) electrons. The smallest absolute Gasteiger partial charge is 0.256 e. The van der Waals surface area contributed by atoms with Gasteiger partial charge in [0.1, 0.15) is 0 Å². The van der Waals surface area contributed by atoms with Crippen molar-refractivity contribution < 1.29 is 4.79 Å². The highest BCUT2D eigenvalue weighted by molar-refractivity contribution is 6.05. The van der Waals surface area contributed by atoms with Gasteiger partial charge in [0.15, 0.2) is 0 Å². The number of piperidine rings is 1. The number of nitrogens with two attached hydrogens (primary N) is 1. The first-order valence-electron chi connectivity index (χ1n) is 7.55. The predicted octanol–water partition coefficient (Wildman–Crippen LogP) is 3.28. The third-order valence-corrected chi connectivity index (χ3v) is 4.43. The van der Waals surface area contributed by atoms with Gasteiger partial charge in [-0.3, -0.25) is 9.78 Å². The van der Waals surface area contributed by atoms with E-state index >= 15 is 0 Å². The van der Waals surface area contributed by atoms with Crippen molar-refractivity contribution in [3.8, 4) is 0 Å². The van der Waals surface area contributed by atoms with E-state index in [2.05, 4.69) is 11.9 Å². The fraction of sp³-hybridized carbons (Fsp3) is 0.412. The Morgan fingerprint density at radius 3 is 2.52 bits per heavy atom. The van der Waals surface area contributed by atoms with E-state index in [1.165, 1.54) is 0 Å². The summed E-state index contributed by atoms with van der Waals surface area (Å²) in [6.07, 6.45) is 3.71. The van der Waals surface area contributed by atoms with Crippen LogP contribution in [0.15, 0.2) is 36.5 Å². The van der Waals surface area contributed by atoms with Gasteiger partial charge < -0.3 is 10.6 Å². The molecular formula is C17H23Cl2N3O. The van der Waals surface area contributed by atoms with E-state index in [0.717, 1.165) is 36.8 Å². The van der Waals surface area contributed by atoms with Crippen molar-refractivity contribution >= 4 is 41.6 Å². The molecule has 3 rings (SSSR count). The largest absolute Gasteiger partial charge is 0.339 e. The summed E-state index contributed by atoms with van der Waals surface area (Å²) in [6.45, 7) is 3.62. The monoisotopic (exact) mass is 355 g/mol. The number of aromatic nitrogens is 1. The molecule has 2 heterocycles. The Kier molecular flexibility index (Phi) is 7.26. The molecule has 0 spiro atoms. The third kappa shape index (κ3) is 4.14. The zero-order valence-corrected chi connectivity index (χ0v) is 14.8. The number of para-hydroxylation sites is 1. The van der Waals surface area contributed by atoms with Crippen LogP contribution in [-0.2, 0) is 0 Å². The number of amides is 1. The topological polar surface area (TPSA) is 59.2 Å². The molecule has 1 amide bonds. The second kappa shape index (κ2) is 8.48. The molecule has 126 valence electrons. The molecule has 6 heteroatoms. The Morgan fingerprint density at radius 1 is 1.22 bits per heavy atom. The molecule has 2 aromatic rings. The summed E-state index contributed by atoms with van der Waals surface area (Å²) in [4.78, 5) is 19.1. The average molecular weight is 356 g/mol. The van der Waals surface area contributed by atoms with E-state index in [1.807, 2.05) is 35.2 Å². The Labute approximate surface area is 149 Å². The number of nitrogens with zero attached hydrogens (tertiary/aromatic N) is 2. The molecule has 1 unspecified atom stereocenters. The van der Waals surface area contributed by atoms with Gasteiger partial charge in [-0.15, -0.1) is 24.8 Å². The maximum atomic E-state index is 12.7. The summed E-state index contributed by atoms with van der Waals surface area (Å²) in [7, 11) is 0. The molecule has 1 fully saturated rings. The molecule has 1 aliphatic rings. The molecule has 1 aromatic carbocycles. The molecule has 0 aliphatic carbocycles. The zero-order chi connectivity index (χ0) is 14.8. The number of fused-ring (bicyclic) bond motifs is 1. The second-order valence-electron chi connectivity index (χ2n) is 5.87. The highest BCUT2D eigenvalue weighted by Crippen LogP contribution is 2.23. The average Bonchev–Trinajstić information content (AvgIpc) is 2.53. The molecule has 2 N–H and O–H groups in total. The van der Waals surface area contributed by atoms with Gasteiger partial charge in [0, 0.05) is 30.7 Å². The normalized spacial score (nSPS) is 16.3. The number of rotatable bonds is 2. The highest BCUT2D eigenvalue weighted by Gasteiger charge is 2.26. The van der Waals surface area contributed by atoms with Crippen molar-refractivity contribution in [2.24, 2.45) is 11.7 Å². The highest BCUT2D eigenvalue weighted by atomic mass is 35.5. The minimum Gasteiger partial charge on any atom is -0.339 e. The molecule has 0 saturated carbocycles. The van der Waals surface area contributed by atoms with E-state index in [0.29, 0.717) is 11.5 Å². The first-order valence-corrected chi connectivity index (χ1v) is 7.55. The molecule has 1 atom stereocenters. The molecule has 1 aromatic heterocycles. The first-order chi connectivity index (χ1) is 10.2. The quantitative estimate of drug-likeness (QED) is 0.898. The SMILES string of the molecule is CC(N)C1CCN(C(=O)c2cccc3cccnc23)CC1.Cl.Cl. The van der Waals surface area contributed by atoms with Crippen LogP contribution in [0.3, 0.4) is 0 Å². The summed E-state index contributed by atoms with van der Waals surface area (Å²) >= 11 is 0. The van der Waals surface area contributed by atoms with Gasteiger partial charge >= 0.3 is 0 Å². The van der Waals surface area contributed by atoms with Gasteiger partial charge in [-0.2, -0.15) is 0 Å². The van der Waals surface area contributed by atoms with Crippen molar-refractivity contribution in [3.05, 3.63) is 42.1 Å². The lowest BCUT2D eigenvalue weighted by Crippen LogP contribution is -2.42. The van der Waals surface area contributed by atoms with Crippen LogP contribution < -0.4 is 5.73 Å². The van der Waals surface area contributed by atoms with Crippen LogP contribution in [0.2, 0.25) is 0 Å². The van der Waals surface area contributed by atoms with E-state index in [4.69, 9.17) is 5.73 Å². The van der Waals surface area contributed by atoms with Gasteiger partial charge in [-0.1, -0.05) is 18.2 Å². The van der Waals surface area contributed by atoms with Gasteiger partial charge in [0.05, 0.1) is 11.1 Å². The maximum absolute atomic E-state index is 12.7. The van der Waals surface area contributed by atoms with Crippen LogP contribution in [0.1, 0.15) is 30.1 Å². The Morgan fingerprint density at radius 2 is 1.87 bits per heavy atom. The summed E-state index contributed by atoms with van der Waals surface area (Å²) < 4.78 is 0. The second-order valence-corrected chi connectivity index (χ2v) is 5.87. The lowest BCUT2D eigenvalue weighted by molar-refractivity contribution is 0.0683. The molecule has 1 saturated heterocycles. The van der Waals surface area contributed by atoms with Crippen molar-refractivity contribution in [3.63, 3.8) is 0 Å². The van der Waals surface area contributed by atoms with Crippen molar-refractivity contribution in [1.82, 2.24) is 9.88 Å². The lowest BCUT2D eigenvalue weighted by atomic mass is 9.90. The number of carbonyl (C=O) groups is 1. The van der Waals surface area contributed by atoms with Crippen molar-refractivity contribution in [1.29, 1.82) is 0 Å². The maximum Gasteiger partial charge on any atom is 0.256 e. The molecular weight excluding hydrogens is 333 g/mol. The summed E-state index contributed by atoms with van der Waals surface area (Å²) in [5.41, 5.74) is 7.45. The van der Waals surface area contributed by atoms with Crippen LogP contribution in [0.4, 0.5) is 0 Å². The van der Waals surface area contributed by atoms with Crippen LogP contribution >= 0.6 is 24.8 Å². The predicted molar refractivity (Wildman–Crippen MR) is 98.5 cm³/mol. The van der Waals surface area contributed by atoms with Crippen LogP contribution in [0.25, 0.3) is 10.9 Å². The molecule has 0 bridgehead atoms. The van der Waals surface area contributed by atoms with Gasteiger partial charge in [0.2, 0.25) is 0 Å². The van der Waals surface area contributed by atoms with Crippen LogP contribution in [0, 0.1) is 5.92 Å². The third-order valence-electron chi connectivity index (χ3n) is 4.43. The number of halogens is 2. The minimum absolute atomic E-state index is 0. The van der Waals surface area contributed by atoms with Crippen molar-refractivity contribution in [2.45, 2.75) is 25.8 Å². The number of benzene rings is 1. The Hall–Kier alpha value is -1.36. The molecule has 4 nitrogen and oxygen atoms in total. The summed E-state index contributed by atoms with van der Waals surface area (Å²) in [6, 6.07) is 9.87. The minimum atomic E-state index is 0. The molecule has 23 heavy (non-hydrogen) atoms. The van der Waals surface area contributed by atoms with Gasteiger partial charge in [-0.05, 0) is 37.8 Å². The Bertz CT molecular complexity index is 650. The van der Waals surface area contributed by atoms with Crippen LogP contribution in [0.5, 0.6) is 0 Å². The van der Waals surface area contributed by atoms with E-state index in [1.54, 1.807) is 6.20 Å². The fourth-order valence-corrected chi connectivity index (χ4v) is 3.08. The fourth-order valence-electron chi connectivity index (χ4n) is 3.08. The lowest BCUT2D eigenvalue weighted by Gasteiger charge is -2.33. The zero-order valence-electron chi connectivity index (χ0n) is 13.1. The van der Waals surface area contributed by atoms with Gasteiger partial charge in [0.25, 0.3) is 5.91 Å². The van der Waals surface area contributed by atoms with E-state index in [-0.39, 0.29) is 36.8 Å². The summed E-state index contributed by atoms with van der Waals surface area (Å²) in [5.74, 6) is 0.613. The number of pyridine rings is 1. The van der Waals surface area contributed by atoms with Crippen molar-refractivity contribution in [2.75, 3.05) is 13.1 Å². The molecule has 1 aliphatic heterocycles. The number of carbonyl (C=O) groups excluding carboxylic acids is 1. The first kappa shape index (κ1) is 19.7. The standard InChI is InChI=1S/C17H21N3O.2ClH/c1-12(18)13-7-10-20(11-8-13)17(21)15-6-2-4-14-5-3-9-19-16(14)15;;/h2-6,9,12-13H,7-8,10-11,18H2,1H3;2*1H. The van der Waals surface area contributed by atoms with E-state index < -0.39 is 0 Å². The number of likely N-dealkylation sites (tertiary alicyclic amines) is 1. The Balaban J connectivity index is 0.00000132.